The summed E-state index contributed by atoms with van der Waals surface area (Å²) in [7, 11) is -2.87. The average Bonchev–Trinajstić information content (AvgIpc) is 3.40. The average molecular weight is 664 g/mol. The number of sulfonamides is 1. The molecule has 45 heavy (non-hydrogen) atoms. The van der Waals surface area contributed by atoms with Crippen LogP contribution in [0.2, 0.25) is 0 Å². The maximum Gasteiger partial charge on any atom is 0.573 e. The number of amides is 1. The number of carboxylic acids is 1. The summed E-state index contributed by atoms with van der Waals surface area (Å²) in [5.74, 6) is -5.21. The number of aromatic nitrogens is 4. The summed E-state index contributed by atoms with van der Waals surface area (Å²) in [5, 5.41) is 20.7. The van der Waals surface area contributed by atoms with Gasteiger partial charge in [-0.05, 0) is 35.0 Å². The summed E-state index contributed by atoms with van der Waals surface area (Å²) in [6.07, 6.45) is -5.36. The maximum atomic E-state index is 13.1. The molecular formula is C26H30F5N7O6S. The van der Waals surface area contributed by atoms with E-state index in [1.54, 1.807) is 12.1 Å². The Labute approximate surface area is 254 Å². The highest BCUT2D eigenvalue weighted by Gasteiger charge is 2.41. The van der Waals surface area contributed by atoms with Crippen molar-refractivity contribution in [2.75, 3.05) is 19.6 Å². The number of carboxylic acid groups (broad SMARTS) is 1. The van der Waals surface area contributed by atoms with Crippen LogP contribution in [0.25, 0.3) is 0 Å². The van der Waals surface area contributed by atoms with Crippen LogP contribution in [0.4, 0.5) is 22.0 Å². The van der Waals surface area contributed by atoms with Crippen molar-refractivity contribution < 1.29 is 49.8 Å². The van der Waals surface area contributed by atoms with Gasteiger partial charge in [-0.3, -0.25) is 9.59 Å². The van der Waals surface area contributed by atoms with Gasteiger partial charge in [0, 0.05) is 38.2 Å². The summed E-state index contributed by atoms with van der Waals surface area (Å²) in [6.45, 7) is 0.995. The molecule has 0 radical (unpaired) electrons. The Kier molecular flexibility index (Phi) is 11.2. The molecule has 1 aliphatic heterocycles. The van der Waals surface area contributed by atoms with Gasteiger partial charge in [0.2, 0.25) is 15.9 Å². The molecule has 0 unspecified atom stereocenters. The van der Waals surface area contributed by atoms with Gasteiger partial charge in [-0.25, -0.2) is 17.2 Å². The number of halogens is 5. The Morgan fingerprint density at radius 3 is 2.16 bits per heavy atom. The first-order valence-corrected chi connectivity index (χ1v) is 14.7. The zero-order valence-corrected chi connectivity index (χ0v) is 24.8. The molecule has 1 fully saturated rings. The van der Waals surface area contributed by atoms with E-state index in [0.29, 0.717) is 10.8 Å². The minimum absolute atomic E-state index is 0.0622. The van der Waals surface area contributed by atoms with Crippen molar-refractivity contribution in [3.8, 4) is 5.75 Å². The van der Waals surface area contributed by atoms with E-state index in [1.807, 2.05) is 0 Å². The number of hydrogen-bond acceptors (Lipinski definition) is 9. The summed E-state index contributed by atoms with van der Waals surface area (Å²) >= 11 is 0. The molecule has 3 N–H and O–H groups in total. The number of benzene rings is 2. The normalized spacial score (nSPS) is 16.1. The largest absolute Gasteiger partial charge is 0.573 e. The van der Waals surface area contributed by atoms with Gasteiger partial charge in [0.25, 0.3) is 5.92 Å². The fourth-order valence-corrected chi connectivity index (χ4v) is 5.73. The van der Waals surface area contributed by atoms with Gasteiger partial charge in [0.05, 0.1) is 18.4 Å². The van der Waals surface area contributed by atoms with Gasteiger partial charge >= 0.3 is 12.3 Å². The number of tetrazole rings is 1. The van der Waals surface area contributed by atoms with E-state index >= 15 is 0 Å². The van der Waals surface area contributed by atoms with Crippen LogP contribution in [0.15, 0.2) is 53.4 Å². The highest BCUT2D eigenvalue weighted by molar-refractivity contribution is 7.89. The van der Waals surface area contributed by atoms with Crippen LogP contribution in [0.5, 0.6) is 5.75 Å². The van der Waals surface area contributed by atoms with Crippen LogP contribution in [0.3, 0.4) is 0 Å². The summed E-state index contributed by atoms with van der Waals surface area (Å²) < 4.78 is 93.3. The van der Waals surface area contributed by atoms with Crippen LogP contribution >= 0.6 is 0 Å². The molecule has 19 heteroatoms. The lowest BCUT2D eigenvalue weighted by Gasteiger charge is -2.38. The molecule has 1 atom stereocenters. The molecular weight excluding hydrogens is 633 g/mol. The van der Waals surface area contributed by atoms with Crippen molar-refractivity contribution in [1.29, 1.82) is 0 Å². The minimum atomic E-state index is -4.95. The molecule has 4 rings (SSSR count). The van der Waals surface area contributed by atoms with E-state index < -0.39 is 57.4 Å². The van der Waals surface area contributed by atoms with Crippen LogP contribution in [-0.4, -0.2) is 86.9 Å². The van der Waals surface area contributed by atoms with Gasteiger partial charge in [-0.15, -0.1) is 23.4 Å². The molecule has 1 aliphatic rings. The van der Waals surface area contributed by atoms with Crippen LogP contribution < -0.4 is 10.5 Å². The van der Waals surface area contributed by atoms with E-state index in [2.05, 4.69) is 20.1 Å². The van der Waals surface area contributed by atoms with Crippen molar-refractivity contribution in [3.05, 3.63) is 65.5 Å². The van der Waals surface area contributed by atoms with Crippen molar-refractivity contribution >= 4 is 21.9 Å². The smallest absolute Gasteiger partial charge is 0.480 e. The predicted molar refractivity (Wildman–Crippen MR) is 146 cm³/mol. The summed E-state index contributed by atoms with van der Waals surface area (Å²) in [4.78, 5) is 26.1. The Morgan fingerprint density at radius 2 is 1.67 bits per heavy atom. The molecule has 1 saturated heterocycles. The van der Waals surface area contributed by atoms with Crippen LogP contribution in [-0.2, 0) is 45.5 Å². The molecule has 2 aromatic carbocycles. The topological polar surface area (TPSA) is 174 Å². The fourth-order valence-electron chi connectivity index (χ4n) is 4.16. The third-order valence-electron chi connectivity index (χ3n) is 6.55. The standard InChI is InChI=1S/C16H17F3N6O6S.C10H13F2N/c1-23-21-13(20-22-23)8-14(26)24-6-7-25(12(9-24)15(27)28)32(29,30)11-4-2-10(3-5-11)31-16(17,18)19;1-2-10(11,12)9-5-3-8(7-13)4-6-9/h2-5,12H,6-9H2,1H3,(H,27,28);3-6H,2,7,13H2,1H3/t12-;/m1./s1. The zero-order valence-electron chi connectivity index (χ0n) is 24.0. The van der Waals surface area contributed by atoms with Crippen molar-refractivity contribution in [2.24, 2.45) is 12.8 Å². The summed E-state index contributed by atoms with van der Waals surface area (Å²) in [5.41, 5.74) is 6.29. The van der Waals surface area contributed by atoms with Crippen LogP contribution in [0, 0.1) is 0 Å². The number of nitrogens with zero attached hydrogens (tertiary/aromatic N) is 6. The lowest BCUT2D eigenvalue weighted by atomic mass is 10.0. The van der Waals surface area contributed by atoms with Crippen molar-refractivity contribution in [1.82, 2.24) is 29.4 Å². The molecule has 0 bridgehead atoms. The number of ether oxygens (including phenoxy) is 1. The monoisotopic (exact) mass is 663 g/mol. The number of piperazine rings is 1. The Balaban J connectivity index is 0.000000355. The zero-order chi connectivity index (χ0) is 33.6. The van der Waals surface area contributed by atoms with E-state index in [4.69, 9.17) is 5.73 Å². The first-order chi connectivity index (χ1) is 21.0. The number of nitrogens with two attached hydrogens (primary N) is 1. The van der Waals surface area contributed by atoms with E-state index in [0.717, 1.165) is 34.6 Å². The molecule has 2 heterocycles. The second-order valence-electron chi connectivity index (χ2n) is 9.66. The lowest BCUT2D eigenvalue weighted by Crippen LogP contribution is -2.59. The van der Waals surface area contributed by atoms with E-state index in [1.165, 1.54) is 31.0 Å². The Morgan fingerprint density at radius 1 is 1.04 bits per heavy atom. The SMILES string of the molecule is CCC(F)(F)c1ccc(CN)cc1.Cn1nnc(CC(=O)N2CCN(S(=O)(=O)c3ccc(OC(F)(F)F)cc3)[C@@H](C(=O)O)C2)n1. The molecule has 1 aromatic heterocycles. The number of carbonyl (C=O) groups excluding carboxylic acids is 1. The van der Waals surface area contributed by atoms with Gasteiger partial charge in [0.15, 0.2) is 5.82 Å². The van der Waals surface area contributed by atoms with Crippen LogP contribution in [0.1, 0.15) is 30.3 Å². The summed E-state index contributed by atoms with van der Waals surface area (Å²) in [6, 6.07) is 7.93. The lowest BCUT2D eigenvalue weighted by molar-refractivity contribution is -0.274. The predicted octanol–water partition coefficient (Wildman–Crippen LogP) is 2.28. The molecule has 1 amide bonds. The number of carbonyl (C=O) groups is 2. The number of alkyl halides is 5. The van der Waals surface area contributed by atoms with E-state index in [-0.39, 0.29) is 37.3 Å². The second-order valence-corrected chi connectivity index (χ2v) is 11.6. The first-order valence-electron chi connectivity index (χ1n) is 13.2. The third-order valence-corrected chi connectivity index (χ3v) is 8.47. The molecule has 0 spiro atoms. The molecule has 246 valence electrons. The van der Waals surface area contributed by atoms with E-state index in [9.17, 15) is 45.1 Å². The van der Waals surface area contributed by atoms with Gasteiger partial charge in [-0.1, -0.05) is 31.2 Å². The van der Waals surface area contributed by atoms with Gasteiger partial charge < -0.3 is 20.5 Å². The Hall–Kier alpha value is -4.23. The second kappa shape index (κ2) is 14.2. The molecule has 0 saturated carbocycles. The quantitative estimate of drug-likeness (QED) is 0.324. The highest BCUT2D eigenvalue weighted by Crippen LogP contribution is 2.31. The van der Waals surface area contributed by atoms with Gasteiger partial charge in [-0.2, -0.15) is 9.10 Å². The molecule has 13 nitrogen and oxygen atoms in total. The fraction of sp³-hybridized carbons (Fsp3) is 0.423. The number of hydrogen-bond donors (Lipinski definition) is 2. The van der Waals surface area contributed by atoms with Gasteiger partial charge in [0.1, 0.15) is 11.8 Å². The maximum absolute atomic E-state index is 13.1. The molecule has 3 aromatic rings. The number of aliphatic carboxylic acids is 1. The molecule has 0 aliphatic carbocycles. The van der Waals surface area contributed by atoms with Crippen molar-refractivity contribution in [2.45, 2.75) is 49.5 Å². The Bertz CT molecular complexity index is 1570. The number of rotatable bonds is 9. The van der Waals surface area contributed by atoms with Crippen molar-refractivity contribution in [3.63, 3.8) is 0 Å². The third kappa shape index (κ3) is 9.38. The minimum Gasteiger partial charge on any atom is -0.480 e. The first kappa shape index (κ1) is 35.3. The highest BCUT2D eigenvalue weighted by atomic mass is 32.2. The number of aryl methyl sites for hydroxylation is 1.